The van der Waals surface area contributed by atoms with Gasteiger partial charge in [0.15, 0.2) is 5.65 Å². The molecule has 1 aliphatic rings. The number of aromatic nitrogens is 4. The van der Waals surface area contributed by atoms with E-state index in [1.807, 2.05) is 18.2 Å². The number of nitrogens with one attached hydrogen (secondary N) is 2. The number of fused-ring (bicyclic) bond motifs is 1. The van der Waals surface area contributed by atoms with Gasteiger partial charge in [0.05, 0.1) is 23.6 Å². The van der Waals surface area contributed by atoms with Crippen LogP contribution < -0.4 is 10.9 Å². The van der Waals surface area contributed by atoms with Crippen LogP contribution >= 0.6 is 0 Å². The molecule has 0 aromatic carbocycles. The van der Waals surface area contributed by atoms with Crippen LogP contribution in [0.3, 0.4) is 0 Å². The number of H-pyrrole nitrogens is 1. The zero-order valence-electron chi connectivity index (χ0n) is 14.4. The van der Waals surface area contributed by atoms with Gasteiger partial charge < -0.3 is 5.32 Å². The molecule has 0 spiro atoms. The van der Waals surface area contributed by atoms with Crippen LogP contribution in [0.15, 0.2) is 41.3 Å². The molecule has 3 heterocycles. The molecule has 2 N–H and O–H groups in total. The van der Waals surface area contributed by atoms with Crippen molar-refractivity contribution in [2.45, 2.75) is 38.6 Å². The van der Waals surface area contributed by atoms with Gasteiger partial charge >= 0.3 is 0 Å². The Morgan fingerprint density at radius 2 is 2.08 bits per heavy atom. The Morgan fingerprint density at radius 1 is 1.23 bits per heavy atom. The van der Waals surface area contributed by atoms with Crippen molar-refractivity contribution < 1.29 is 4.79 Å². The van der Waals surface area contributed by atoms with Crippen LogP contribution in [-0.4, -0.2) is 25.5 Å². The minimum atomic E-state index is -0.209. The Bertz CT molecular complexity index is 971. The number of amides is 1. The molecule has 7 heteroatoms. The topological polar surface area (TPSA) is 92.2 Å². The normalized spacial score (nSPS) is 15.2. The summed E-state index contributed by atoms with van der Waals surface area (Å²) in [6.45, 7) is 0.269. The van der Waals surface area contributed by atoms with Crippen molar-refractivity contribution in [2.75, 3.05) is 0 Å². The van der Waals surface area contributed by atoms with E-state index in [-0.39, 0.29) is 23.9 Å². The van der Waals surface area contributed by atoms with Gasteiger partial charge in [-0.3, -0.25) is 19.7 Å². The Hall–Kier alpha value is -2.96. The summed E-state index contributed by atoms with van der Waals surface area (Å²) in [6, 6.07) is 8.82. The molecular formula is C19H21N5O2. The number of aromatic amines is 1. The first kappa shape index (κ1) is 16.5. The van der Waals surface area contributed by atoms with Gasteiger partial charge in [0.2, 0.25) is 5.91 Å². The van der Waals surface area contributed by atoms with Crippen molar-refractivity contribution in [3.05, 3.63) is 52.6 Å². The predicted octanol–water partition coefficient (Wildman–Crippen LogP) is 2.28. The van der Waals surface area contributed by atoms with Crippen molar-refractivity contribution in [1.29, 1.82) is 0 Å². The lowest BCUT2D eigenvalue weighted by Crippen LogP contribution is -2.32. The number of hydrogen-bond acceptors (Lipinski definition) is 4. The lowest BCUT2D eigenvalue weighted by atomic mass is 9.89. The summed E-state index contributed by atoms with van der Waals surface area (Å²) in [6.07, 6.45) is 7.04. The fourth-order valence-electron chi connectivity index (χ4n) is 3.47. The van der Waals surface area contributed by atoms with Crippen LogP contribution in [0.2, 0.25) is 0 Å². The van der Waals surface area contributed by atoms with E-state index >= 15 is 0 Å². The van der Waals surface area contributed by atoms with Crippen LogP contribution in [0.1, 0.15) is 37.8 Å². The molecule has 3 aromatic heterocycles. The Labute approximate surface area is 150 Å². The first-order valence-corrected chi connectivity index (χ1v) is 9.01. The molecule has 0 unspecified atom stereocenters. The van der Waals surface area contributed by atoms with E-state index in [0.717, 1.165) is 37.1 Å². The van der Waals surface area contributed by atoms with E-state index in [0.29, 0.717) is 11.3 Å². The van der Waals surface area contributed by atoms with Crippen LogP contribution in [-0.2, 0) is 11.3 Å². The highest BCUT2D eigenvalue weighted by Crippen LogP contribution is 2.23. The van der Waals surface area contributed by atoms with Gasteiger partial charge in [0.1, 0.15) is 0 Å². The minimum Gasteiger partial charge on any atom is -0.350 e. The van der Waals surface area contributed by atoms with Gasteiger partial charge in [-0.1, -0.05) is 25.3 Å². The van der Waals surface area contributed by atoms with E-state index in [2.05, 4.69) is 20.4 Å². The van der Waals surface area contributed by atoms with Crippen molar-refractivity contribution in [2.24, 2.45) is 5.92 Å². The van der Waals surface area contributed by atoms with E-state index in [1.54, 1.807) is 12.3 Å². The lowest BCUT2D eigenvalue weighted by Gasteiger charge is -2.20. The molecular weight excluding hydrogens is 330 g/mol. The smallest absolute Gasteiger partial charge is 0.272 e. The molecule has 1 amide bonds. The molecule has 1 aliphatic carbocycles. The number of hydrogen-bond donors (Lipinski definition) is 2. The monoisotopic (exact) mass is 351 g/mol. The first-order valence-electron chi connectivity index (χ1n) is 9.01. The van der Waals surface area contributed by atoms with Gasteiger partial charge in [-0.25, -0.2) is 9.50 Å². The summed E-state index contributed by atoms with van der Waals surface area (Å²) in [5.74, 6) is 0.159. The van der Waals surface area contributed by atoms with Crippen molar-refractivity contribution >= 4 is 11.6 Å². The summed E-state index contributed by atoms with van der Waals surface area (Å²) in [5.41, 5.74) is 2.33. The maximum Gasteiger partial charge on any atom is 0.272 e. The summed E-state index contributed by atoms with van der Waals surface area (Å²) >= 11 is 0. The zero-order valence-corrected chi connectivity index (χ0v) is 14.4. The minimum absolute atomic E-state index is 0.0648. The highest BCUT2D eigenvalue weighted by molar-refractivity contribution is 5.78. The van der Waals surface area contributed by atoms with Crippen molar-refractivity contribution in [1.82, 2.24) is 24.9 Å². The highest BCUT2D eigenvalue weighted by atomic mass is 16.2. The Morgan fingerprint density at radius 3 is 2.85 bits per heavy atom. The fraction of sp³-hybridized carbons (Fsp3) is 0.368. The summed E-state index contributed by atoms with van der Waals surface area (Å²) in [4.78, 5) is 33.4. The molecule has 0 atom stereocenters. The maximum atomic E-state index is 12.3. The first-order chi connectivity index (χ1) is 12.7. The second kappa shape index (κ2) is 7.11. The summed E-state index contributed by atoms with van der Waals surface area (Å²) < 4.78 is 1.39. The third kappa shape index (κ3) is 3.37. The standard InChI is InChI=1S/C19H21N5O2/c25-18-10-14(12-21-19(26)13-6-2-1-3-7-13)22-17-11-16(23-24(17)18)15-8-4-5-9-20-15/h4-5,8-11,13,23H,1-3,6-7,12H2,(H,21,26). The molecule has 7 nitrogen and oxygen atoms in total. The Kier molecular flexibility index (Phi) is 4.51. The number of carbonyl (C=O) groups excluding carboxylic acids is 1. The average Bonchev–Trinajstić information content (AvgIpc) is 3.12. The average molecular weight is 351 g/mol. The second-order valence-corrected chi connectivity index (χ2v) is 6.72. The molecule has 0 radical (unpaired) electrons. The fourth-order valence-corrected chi connectivity index (χ4v) is 3.47. The predicted molar refractivity (Wildman–Crippen MR) is 97.5 cm³/mol. The third-order valence-electron chi connectivity index (χ3n) is 4.86. The number of rotatable bonds is 4. The van der Waals surface area contributed by atoms with Gasteiger partial charge in [0, 0.05) is 24.2 Å². The van der Waals surface area contributed by atoms with Gasteiger partial charge in [-0.05, 0) is 25.0 Å². The van der Waals surface area contributed by atoms with Gasteiger partial charge in [-0.15, -0.1) is 0 Å². The van der Waals surface area contributed by atoms with Gasteiger partial charge in [-0.2, -0.15) is 0 Å². The quantitative estimate of drug-likeness (QED) is 0.754. The summed E-state index contributed by atoms with van der Waals surface area (Å²) in [7, 11) is 0. The van der Waals surface area contributed by atoms with Crippen molar-refractivity contribution in [3.63, 3.8) is 0 Å². The summed E-state index contributed by atoms with van der Waals surface area (Å²) in [5, 5.41) is 5.94. The largest absolute Gasteiger partial charge is 0.350 e. The van der Waals surface area contributed by atoms with Crippen LogP contribution in [0, 0.1) is 5.92 Å². The molecule has 1 saturated carbocycles. The molecule has 134 valence electrons. The van der Waals surface area contributed by atoms with E-state index in [1.165, 1.54) is 17.0 Å². The highest BCUT2D eigenvalue weighted by Gasteiger charge is 2.20. The van der Waals surface area contributed by atoms with E-state index in [9.17, 15) is 9.59 Å². The van der Waals surface area contributed by atoms with Crippen LogP contribution in [0.25, 0.3) is 17.0 Å². The van der Waals surface area contributed by atoms with Crippen molar-refractivity contribution in [3.8, 4) is 11.4 Å². The molecule has 1 fully saturated rings. The zero-order chi connectivity index (χ0) is 17.9. The maximum absolute atomic E-state index is 12.3. The Balaban J connectivity index is 1.53. The lowest BCUT2D eigenvalue weighted by molar-refractivity contribution is -0.126. The van der Waals surface area contributed by atoms with E-state index < -0.39 is 0 Å². The van der Waals surface area contributed by atoms with Crippen LogP contribution in [0.4, 0.5) is 0 Å². The number of pyridine rings is 1. The second-order valence-electron chi connectivity index (χ2n) is 6.72. The molecule has 0 aliphatic heterocycles. The molecule has 26 heavy (non-hydrogen) atoms. The van der Waals surface area contributed by atoms with Gasteiger partial charge in [0.25, 0.3) is 5.56 Å². The number of carbonyl (C=O) groups is 1. The molecule has 0 saturated heterocycles. The molecule has 3 aromatic rings. The van der Waals surface area contributed by atoms with Crippen LogP contribution in [0.5, 0.6) is 0 Å². The SMILES string of the molecule is O=C(NCc1cc(=O)n2[nH]c(-c3ccccn3)cc2n1)C1CCCCC1. The van der Waals surface area contributed by atoms with E-state index in [4.69, 9.17) is 0 Å². The molecule has 4 rings (SSSR count). The number of nitrogens with zero attached hydrogens (tertiary/aromatic N) is 3. The molecule has 0 bridgehead atoms. The third-order valence-corrected chi connectivity index (χ3v) is 4.86.